The molecule has 1 aromatic heterocycles. The van der Waals surface area contributed by atoms with Gasteiger partial charge in [0.25, 0.3) is 5.91 Å². The summed E-state index contributed by atoms with van der Waals surface area (Å²) < 4.78 is 49.1. The third kappa shape index (κ3) is 5.24. The molecule has 1 aliphatic heterocycles. The van der Waals surface area contributed by atoms with E-state index in [1.165, 1.54) is 19.4 Å². The number of alkyl halides is 3. The minimum absolute atomic E-state index is 0.212. The number of para-hydroxylation sites is 1. The molecule has 1 amide bonds. The first-order valence-corrected chi connectivity index (χ1v) is 9.16. The van der Waals surface area contributed by atoms with E-state index in [-0.39, 0.29) is 18.5 Å². The highest BCUT2D eigenvalue weighted by molar-refractivity contribution is 5.96. The van der Waals surface area contributed by atoms with Crippen molar-refractivity contribution in [2.75, 3.05) is 40.0 Å². The normalized spacial score (nSPS) is 16.3. The van der Waals surface area contributed by atoms with E-state index >= 15 is 0 Å². The van der Waals surface area contributed by atoms with E-state index in [0.717, 1.165) is 6.07 Å². The zero-order valence-corrected chi connectivity index (χ0v) is 15.9. The number of halogens is 3. The van der Waals surface area contributed by atoms with Gasteiger partial charge in [-0.3, -0.25) is 14.7 Å². The fourth-order valence-corrected chi connectivity index (χ4v) is 3.23. The zero-order valence-electron chi connectivity index (χ0n) is 15.9. The summed E-state index contributed by atoms with van der Waals surface area (Å²) >= 11 is 0. The number of hydrogen-bond donors (Lipinski definition) is 1. The van der Waals surface area contributed by atoms with Crippen molar-refractivity contribution < 1.29 is 27.4 Å². The van der Waals surface area contributed by atoms with Crippen molar-refractivity contribution in [1.29, 1.82) is 0 Å². The van der Waals surface area contributed by atoms with Crippen LogP contribution in [0.4, 0.5) is 13.2 Å². The fourth-order valence-electron chi connectivity index (χ4n) is 3.23. The molecule has 2 aromatic rings. The molecular formula is C20H22F3N3O3. The van der Waals surface area contributed by atoms with Gasteiger partial charge in [0.1, 0.15) is 11.4 Å². The van der Waals surface area contributed by atoms with Gasteiger partial charge < -0.3 is 14.8 Å². The molecule has 1 N–H and O–H groups in total. The zero-order chi connectivity index (χ0) is 20.9. The van der Waals surface area contributed by atoms with Crippen molar-refractivity contribution in [2.24, 2.45) is 0 Å². The highest BCUT2D eigenvalue weighted by Gasteiger charge is 2.33. The van der Waals surface area contributed by atoms with Gasteiger partial charge in [-0.25, -0.2) is 0 Å². The fraction of sp³-hybridized carbons (Fsp3) is 0.400. The number of morpholine rings is 1. The average molecular weight is 409 g/mol. The molecule has 156 valence electrons. The molecule has 0 bridgehead atoms. The Kier molecular flexibility index (Phi) is 6.71. The number of methoxy groups -OCH3 is 1. The summed E-state index contributed by atoms with van der Waals surface area (Å²) in [5, 5.41) is 2.86. The number of rotatable bonds is 6. The Balaban J connectivity index is 1.78. The molecule has 1 atom stereocenters. The Bertz CT molecular complexity index is 822. The second-order valence-corrected chi connectivity index (χ2v) is 6.55. The van der Waals surface area contributed by atoms with E-state index < -0.39 is 11.9 Å². The van der Waals surface area contributed by atoms with Crippen LogP contribution in [0.5, 0.6) is 5.75 Å². The largest absolute Gasteiger partial charge is 0.496 e. The Labute approximate surface area is 166 Å². The van der Waals surface area contributed by atoms with Crippen molar-refractivity contribution in [3.05, 3.63) is 59.4 Å². The minimum Gasteiger partial charge on any atom is -0.496 e. The highest BCUT2D eigenvalue weighted by atomic mass is 19.4. The van der Waals surface area contributed by atoms with Gasteiger partial charge in [0, 0.05) is 25.8 Å². The molecule has 2 heterocycles. The summed E-state index contributed by atoms with van der Waals surface area (Å²) in [5.74, 6) is 0.129. The van der Waals surface area contributed by atoms with E-state index in [4.69, 9.17) is 9.47 Å². The maximum absolute atomic E-state index is 12.8. The molecule has 0 saturated carbocycles. The lowest BCUT2D eigenvalue weighted by molar-refractivity contribution is -0.141. The van der Waals surface area contributed by atoms with Crippen molar-refractivity contribution in [2.45, 2.75) is 12.2 Å². The standard InChI is InChI=1S/C20H22F3N3O3/c1-28-17-5-3-2-4-15(17)19(27)25-13-16(26-8-10-29-11-9-26)14-6-7-18(24-12-14)20(21,22)23/h2-7,12,16H,8-11,13H2,1H3,(H,25,27). The smallest absolute Gasteiger partial charge is 0.433 e. The predicted molar refractivity (Wildman–Crippen MR) is 99.7 cm³/mol. The van der Waals surface area contributed by atoms with Crippen LogP contribution < -0.4 is 10.1 Å². The summed E-state index contributed by atoms with van der Waals surface area (Å²) in [6.07, 6.45) is -3.27. The number of carbonyl (C=O) groups is 1. The number of pyridine rings is 1. The lowest BCUT2D eigenvalue weighted by Crippen LogP contribution is -2.44. The van der Waals surface area contributed by atoms with Gasteiger partial charge in [0.15, 0.2) is 0 Å². The van der Waals surface area contributed by atoms with Crippen molar-refractivity contribution in [3.8, 4) is 5.75 Å². The number of nitrogens with one attached hydrogen (secondary N) is 1. The Hall–Kier alpha value is -2.65. The van der Waals surface area contributed by atoms with Crippen LogP contribution in [0.25, 0.3) is 0 Å². The SMILES string of the molecule is COc1ccccc1C(=O)NCC(c1ccc(C(F)(F)F)nc1)N1CCOCC1. The number of benzene rings is 1. The highest BCUT2D eigenvalue weighted by Crippen LogP contribution is 2.29. The van der Waals surface area contributed by atoms with Crippen molar-refractivity contribution >= 4 is 5.91 Å². The van der Waals surface area contributed by atoms with Crippen LogP contribution in [0.2, 0.25) is 0 Å². The van der Waals surface area contributed by atoms with Crippen LogP contribution in [0.1, 0.15) is 27.7 Å². The van der Waals surface area contributed by atoms with Gasteiger partial charge in [-0.15, -0.1) is 0 Å². The molecule has 1 unspecified atom stereocenters. The second-order valence-electron chi connectivity index (χ2n) is 6.55. The molecule has 1 saturated heterocycles. The molecule has 0 radical (unpaired) electrons. The molecule has 1 fully saturated rings. The summed E-state index contributed by atoms with van der Waals surface area (Å²) in [7, 11) is 1.48. The third-order valence-electron chi connectivity index (χ3n) is 4.76. The maximum Gasteiger partial charge on any atom is 0.433 e. The van der Waals surface area contributed by atoms with E-state index in [0.29, 0.717) is 43.2 Å². The van der Waals surface area contributed by atoms with Gasteiger partial charge in [0.05, 0.1) is 31.9 Å². The van der Waals surface area contributed by atoms with Gasteiger partial charge >= 0.3 is 6.18 Å². The number of carbonyl (C=O) groups excluding carboxylic acids is 1. The number of ether oxygens (including phenoxy) is 2. The Morgan fingerprint density at radius 3 is 2.59 bits per heavy atom. The van der Waals surface area contributed by atoms with Gasteiger partial charge in [-0.2, -0.15) is 13.2 Å². The van der Waals surface area contributed by atoms with Crippen LogP contribution in [0, 0.1) is 0 Å². The first-order chi connectivity index (χ1) is 13.9. The molecule has 9 heteroatoms. The van der Waals surface area contributed by atoms with Gasteiger partial charge in [-0.1, -0.05) is 18.2 Å². The van der Waals surface area contributed by atoms with Gasteiger partial charge in [-0.05, 0) is 23.8 Å². The van der Waals surface area contributed by atoms with Gasteiger partial charge in [0.2, 0.25) is 0 Å². The minimum atomic E-state index is -4.49. The van der Waals surface area contributed by atoms with E-state index in [1.807, 2.05) is 0 Å². The van der Waals surface area contributed by atoms with Crippen molar-refractivity contribution in [1.82, 2.24) is 15.2 Å². The molecule has 29 heavy (non-hydrogen) atoms. The maximum atomic E-state index is 12.8. The number of amides is 1. The number of aromatic nitrogens is 1. The summed E-state index contributed by atoms with van der Waals surface area (Å²) in [6, 6.07) is 8.88. The van der Waals surface area contributed by atoms with Crippen LogP contribution in [-0.4, -0.2) is 55.7 Å². The van der Waals surface area contributed by atoms with Crippen LogP contribution in [0.3, 0.4) is 0 Å². The second kappa shape index (κ2) is 9.23. The van der Waals surface area contributed by atoms with E-state index in [2.05, 4.69) is 15.2 Å². The average Bonchev–Trinajstić information content (AvgIpc) is 2.74. The van der Waals surface area contributed by atoms with Crippen LogP contribution in [0.15, 0.2) is 42.6 Å². The van der Waals surface area contributed by atoms with Crippen molar-refractivity contribution in [3.63, 3.8) is 0 Å². The topological polar surface area (TPSA) is 63.7 Å². The van der Waals surface area contributed by atoms with Crippen LogP contribution >= 0.6 is 0 Å². The lowest BCUT2D eigenvalue weighted by Gasteiger charge is -2.34. The van der Waals surface area contributed by atoms with Crippen LogP contribution in [-0.2, 0) is 10.9 Å². The monoisotopic (exact) mass is 409 g/mol. The summed E-state index contributed by atoms with van der Waals surface area (Å²) in [4.78, 5) is 18.3. The van der Waals surface area contributed by atoms with E-state index in [1.54, 1.807) is 24.3 Å². The molecule has 3 rings (SSSR count). The molecule has 0 spiro atoms. The number of hydrogen-bond acceptors (Lipinski definition) is 5. The summed E-state index contributed by atoms with van der Waals surface area (Å²) in [6.45, 7) is 2.46. The quantitative estimate of drug-likeness (QED) is 0.795. The first-order valence-electron chi connectivity index (χ1n) is 9.16. The Morgan fingerprint density at radius 1 is 1.24 bits per heavy atom. The third-order valence-corrected chi connectivity index (χ3v) is 4.76. The predicted octanol–water partition coefficient (Wildman–Crippen LogP) is 2.91. The molecule has 1 aliphatic rings. The molecule has 0 aliphatic carbocycles. The molecule has 1 aromatic carbocycles. The van der Waals surface area contributed by atoms with E-state index in [9.17, 15) is 18.0 Å². The Morgan fingerprint density at radius 2 is 1.97 bits per heavy atom. The summed E-state index contributed by atoms with van der Waals surface area (Å²) in [5.41, 5.74) is 0.0431. The number of nitrogens with zero attached hydrogens (tertiary/aromatic N) is 2. The molecule has 6 nitrogen and oxygen atoms in total. The first kappa shape index (κ1) is 21.1. The molecular weight excluding hydrogens is 387 g/mol. The lowest BCUT2D eigenvalue weighted by atomic mass is 10.1.